The second kappa shape index (κ2) is 5.33. The maximum absolute atomic E-state index is 12.4. The van der Waals surface area contributed by atoms with E-state index in [9.17, 15) is 4.79 Å². The lowest BCUT2D eigenvalue weighted by molar-refractivity contribution is 0.0850. The van der Waals surface area contributed by atoms with E-state index < -0.39 is 0 Å². The van der Waals surface area contributed by atoms with Gasteiger partial charge in [-0.15, -0.1) is 0 Å². The number of hydrogen-bond donors (Lipinski definition) is 2. The minimum Gasteiger partial charge on any atom is -0.344 e. The topological polar surface area (TPSA) is 72.9 Å². The van der Waals surface area contributed by atoms with Crippen LogP contribution in [-0.4, -0.2) is 27.8 Å². The Hall–Kier alpha value is -1.36. The molecule has 0 saturated heterocycles. The number of nitrogens with two attached hydrogens (primary N) is 1. The van der Waals surface area contributed by atoms with Crippen molar-refractivity contribution < 1.29 is 4.79 Å². The first-order valence-electron chi connectivity index (χ1n) is 6.99. The van der Waals surface area contributed by atoms with Gasteiger partial charge in [0.05, 0.1) is 11.2 Å². The molecule has 0 atom stereocenters. The van der Waals surface area contributed by atoms with Crippen LogP contribution in [0, 0.1) is 12.8 Å². The predicted octanol–water partition coefficient (Wildman–Crippen LogP) is 1.37. The normalized spacial score (nSPS) is 27.3. The molecule has 1 fully saturated rings. The number of aromatic nitrogens is 2. The third kappa shape index (κ3) is 2.97. The van der Waals surface area contributed by atoms with E-state index in [-0.39, 0.29) is 11.4 Å². The first-order valence-corrected chi connectivity index (χ1v) is 6.99. The molecule has 0 aromatic carbocycles. The highest BCUT2D eigenvalue weighted by atomic mass is 16.2. The number of aryl methyl sites for hydroxylation is 2. The molecule has 1 amide bonds. The van der Waals surface area contributed by atoms with Crippen LogP contribution in [-0.2, 0) is 7.05 Å². The summed E-state index contributed by atoms with van der Waals surface area (Å²) in [6.45, 7) is 4.65. The Balaban J connectivity index is 2.10. The van der Waals surface area contributed by atoms with Gasteiger partial charge in [0, 0.05) is 13.6 Å². The molecule has 1 saturated carbocycles. The summed E-state index contributed by atoms with van der Waals surface area (Å²) in [6.07, 6.45) is 4.18. The van der Waals surface area contributed by atoms with Crippen molar-refractivity contribution in [2.75, 3.05) is 6.54 Å². The standard InChI is InChI=1S/C14H24N4O/c1-10-4-6-14(9-15,7-5-10)16-13(19)12-8-11(2)17-18(12)3/h8,10H,4-7,9,15H2,1-3H3,(H,16,19). The van der Waals surface area contributed by atoms with E-state index in [1.807, 2.05) is 13.0 Å². The summed E-state index contributed by atoms with van der Waals surface area (Å²) in [5, 5.41) is 7.36. The van der Waals surface area contributed by atoms with Crippen LogP contribution in [0.4, 0.5) is 0 Å². The number of carbonyl (C=O) groups excluding carboxylic acids is 1. The number of rotatable bonds is 3. The van der Waals surface area contributed by atoms with Gasteiger partial charge in [-0.1, -0.05) is 6.92 Å². The zero-order valence-electron chi connectivity index (χ0n) is 12.1. The molecule has 0 spiro atoms. The second-order valence-electron chi connectivity index (χ2n) is 5.92. The Labute approximate surface area is 114 Å². The van der Waals surface area contributed by atoms with Crippen molar-refractivity contribution in [2.24, 2.45) is 18.7 Å². The SMILES string of the molecule is Cc1cc(C(=O)NC2(CN)CCC(C)CC2)n(C)n1. The van der Waals surface area contributed by atoms with Gasteiger partial charge in [0.2, 0.25) is 0 Å². The van der Waals surface area contributed by atoms with Gasteiger partial charge in [0.25, 0.3) is 5.91 Å². The molecule has 1 aliphatic carbocycles. The second-order valence-corrected chi connectivity index (χ2v) is 5.92. The summed E-state index contributed by atoms with van der Waals surface area (Å²) < 4.78 is 1.63. The third-order valence-corrected chi connectivity index (χ3v) is 4.24. The van der Waals surface area contributed by atoms with Crippen LogP contribution >= 0.6 is 0 Å². The summed E-state index contributed by atoms with van der Waals surface area (Å²) >= 11 is 0. The molecule has 5 nitrogen and oxygen atoms in total. The van der Waals surface area contributed by atoms with Gasteiger partial charge in [-0.2, -0.15) is 5.10 Å². The smallest absolute Gasteiger partial charge is 0.270 e. The molecule has 106 valence electrons. The van der Waals surface area contributed by atoms with E-state index >= 15 is 0 Å². The Kier molecular flexibility index (Phi) is 3.94. The number of carbonyl (C=O) groups is 1. The van der Waals surface area contributed by atoms with Gasteiger partial charge in [-0.25, -0.2) is 0 Å². The Morgan fingerprint density at radius 1 is 1.58 bits per heavy atom. The van der Waals surface area contributed by atoms with Crippen molar-refractivity contribution in [3.05, 3.63) is 17.5 Å². The zero-order valence-corrected chi connectivity index (χ0v) is 12.1. The van der Waals surface area contributed by atoms with E-state index in [0.717, 1.165) is 37.3 Å². The lowest BCUT2D eigenvalue weighted by atomic mass is 9.77. The van der Waals surface area contributed by atoms with Gasteiger partial charge >= 0.3 is 0 Å². The Morgan fingerprint density at radius 3 is 2.68 bits per heavy atom. The lowest BCUT2D eigenvalue weighted by Gasteiger charge is -2.39. The van der Waals surface area contributed by atoms with Crippen molar-refractivity contribution in [3.8, 4) is 0 Å². The Bertz CT molecular complexity index is 458. The highest BCUT2D eigenvalue weighted by molar-refractivity contribution is 5.93. The molecular formula is C14H24N4O. The summed E-state index contributed by atoms with van der Waals surface area (Å²) in [6, 6.07) is 1.81. The van der Waals surface area contributed by atoms with E-state index in [0.29, 0.717) is 12.2 Å². The van der Waals surface area contributed by atoms with Crippen LogP contribution in [0.2, 0.25) is 0 Å². The summed E-state index contributed by atoms with van der Waals surface area (Å²) in [7, 11) is 1.79. The summed E-state index contributed by atoms with van der Waals surface area (Å²) in [4.78, 5) is 12.4. The molecule has 1 aromatic rings. The minimum absolute atomic E-state index is 0.0666. The fourth-order valence-corrected chi connectivity index (χ4v) is 2.82. The highest BCUT2D eigenvalue weighted by Crippen LogP contribution is 2.31. The summed E-state index contributed by atoms with van der Waals surface area (Å²) in [5.74, 6) is 0.665. The molecular weight excluding hydrogens is 240 g/mol. The largest absolute Gasteiger partial charge is 0.344 e. The first-order chi connectivity index (χ1) is 8.96. The van der Waals surface area contributed by atoms with Gasteiger partial charge in [-0.3, -0.25) is 9.48 Å². The monoisotopic (exact) mass is 264 g/mol. The van der Waals surface area contributed by atoms with Gasteiger partial charge in [0.15, 0.2) is 0 Å². The lowest BCUT2D eigenvalue weighted by Crippen LogP contribution is -2.55. The average molecular weight is 264 g/mol. The number of hydrogen-bond acceptors (Lipinski definition) is 3. The van der Waals surface area contributed by atoms with Gasteiger partial charge < -0.3 is 11.1 Å². The van der Waals surface area contributed by atoms with E-state index in [4.69, 9.17) is 5.73 Å². The number of amides is 1. The van der Waals surface area contributed by atoms with Crippen LogP contribution in [0.25, 0.3) is 0 Å². The highest BCUT2D eigenvalue weighted by Gasteiger charge is 2.35. The molecule has 1 aliphatic rings. The van der Waals surface area contributed by atoms with Crippen LogP contribution in [0.3, 0.4) is 0 Å². The molecule has 2 rings (SSSR count). The van der Waals surface area contributed by atoms with Crippen LogP contribution in [0.5, 0.6) is 0 Å². The molecule has 3 N–H and O–H groups in total. The quantitative estimate of drug-likeness (QED) is 0.866. The molecule has 1 aromatic heterocycles. The third-order valence-electron chi connectivity index (χ3n) is 4.24. The van der Waals surface area contributed by atoms with Crippen molar-refractivity contribution in [2.45, 2.75) is 45.1 Å². The van der Waals surface area contributed by atoms with Gasteiger partial charge in [0.1, 0.15) is 5.69 Å². The van der Waals surface area contributed by atoms with Crippen LogP contribution < -0.4 is 11.1 Å². The molecule has 19 heavy (non-hydrogen) atoms. The minimum atomic E-state index is -0.234. The van der Waals surface area contributed by atoms with E-state index in [1.54, 1.807) is 11.7 Å². The van der Waals surface area contributed by atoms with E-state index in [2.05, 4.69) is 17.3 Å². The van der Waals surface area contributed by atoms with Crippen molar-refractivity contribution in [1.82, 2.24) is 15.1 Å². The molecule has 0 radical (unpaired) electrons. The summed E-state index contributed by atoms with van der Waals surface area (Å²) in [5.41, 5.74) is 7.14. The number of nitrogens with zero attached hydrogens (tertiary/aromatic N) is 2. The fourth-order valence-electron chi connectivity index (χ4n) is 2.82. The van der Waals surface area contributed by atoms with Crippen molar-refractivity contribution in [1.29, 1.82) is 0 Å². The van der Waals surface area contributed by atoms with Crippen molar-refractivity contribution in [3.63, 3.8) is 0 Å². The zero-order chi connectivity index (χ0) is 14.0. The van der Waals surface area contributed by atoms with Crippen LogP contribution in [0.1, 0.15) is 48.8 Å². The molecule has 1 heterocycles. The molecule has 5 heteroatoms. The van der Waals surface area contributed by atoms with Crippen LogP contribution in [0.15, 0.2) is 6.07 Å². The van der Waals surface area contributed by atoms with Gasteiger partial charge in [-0.05, 0) is 44.6 Å². The van der Waals surface area contributed by atoms with Crippen molar-refractivity contribution >= 4 is 5.91 Å². The first kappa shape index (κ1) is 14.1. The maximum Gasteiger partial charge on any atom is 0.270 e. The molecule has 0 aliphatic heterocycles. The molecule has 0 bridgehead atoms. The molecule has 0 unspecified atom stereocenters. The predicted molar refractivity (Wildman–Crippen MR) is 74.8 cm³/mol. The average Bonchev–Trinajstić information content (AvgIpc) is 2.72. The maximum atomic E-state index is 12.4. The van der Waals surface area contributed by atoms with E-state index in [1.165, 1.54) is 0 Å². The number of nitrogens with one attached hydrogen (secondary N) is 1. The fraction of sp³-hybridized carbons (Fsp3) is 0.714. The Morgan fingerprint density at radius 2 is 2.21 bits per heavy atom.